The van der Waals surface area contributed by atoms with Crippen LogP contribution in [0.1, 0.15) is 18.4 Å². The van der Waals surface area contributed by atoms with Gasteiger partial charge < -0.3 is 5.32 Å². The number of rotatable bonds is 4. The molecule has 1 aromatic carbocycles. The molecule has 2 aliphatic heterocycles. The largest absolute Gasteiger partial charge is 0.352 e. The first-order chi connectivity index (χ1) is 10.8. The second-order valence-corrected chi connectivity index (χ2v) is 8.11. The third-order valence-electron chi connectivity index (χ3n) is 5.36. The van der Waals surface area contributed by atoms with Crippen LogP contribution in [0.25, 0.3) is 0 Å². The van der Waals surface area contributed by atoms with E-state index in [1.807, 2.05) is 11.8 Å². The quantitative estimate of drug-likeness (QED) is 0.925. The lowest BCUT2D eigenvalue weighted by atomic mass is 10.0. The van der Waals surface area contributed by atoms with E-state index in [4.69, 9.17) is 0 Å². The van der Waals surface area contributed by atoms with Crippen LogP contribution in [-0.2, 0) is 11.3 Å². The number of nitrogens with one attached hydrogen (secondary N) is 1. The van der Waals surface area contributed by atoms with Gasteiger partial charge in [-0.2, -0.15) is 11.8 Å². The Morgan fingerprint density at radius 2 is 2.00 bits per heavy atom. The van der Waals surface area contributed by atoms with Gasteiger partial charge in [-0.05, 0) is 36.0 Å². The van der Waals surface area contributed by atoms with E-state index in [1.165, 1.54) is 17.7 Å². The van der Waals surface area contributed by atoms with Crippen molar-refractivity contribution < 1.29 is 4.79 Å². The number of hydrogen-bond acceptors (Lipinski definition) is 3. The van der Waals surface area contributed by atoms with E-state index in [0.717, 1.165) is 31.8 Å². The minimum atomic E-state index is 0.264. The molecule has 2 saturated heterocycles. The van der Waals surface area contributed by atoms with Gasteiger partial charge in [0.2, 0.25) is 5.91 Å². The van der Waals surface area contributed by atoms with Crippen molar-refractivity contribution in [1.29, 1.82) is 0 Å². The molecule has 3 aliphatic rings. The maximum atomic E-state index is 12.3. The van der Waals surface area contributed by atoms with Crippen molar-refractivity contribution in [2.24, 2.45) is 17.8 Å². The predicted molar refractivity (Wildman–Crippen MR) is 90.7 cm³/mol. The molecule has 3 nitrogen and oxygen atoms in total. The molecule has 118 valence electrons. The molecule has 0 spiro atoms. The fraction of sp³-hybridized carbons (Fsp3) is 0.611. The number of thioether (sulfide) groups is 1. The van der Waals surface area contributed by atoms with Crippen molar-refractivity contribution in [3.63, 3.8) is 0 Å². The number of carbonyl (C=O) groups is 1. The Morgan fingerprint density at radius 1 is 1.23 bits per heavy atom. The fourth-order valence-electron chi connectivity index (χ4n) is 4.03. The average molecular weight is 316 g/mol. The zero-order valence-electron chi connectivity index (χ0n) is 12.9. The van der Waals surface area contributed by atoms with Gasteiger partial charge in [0, 0.05) is 37.3 Å². The molecule has 1 aromatic rings. The number of likely N-dealkylation sites (tertiary alicyclic amines) is 1. The lowest BCUT2D eigenvalue weighted by Gasteiger charge is -2.23. The number of amides is 1. The van der Waals surface area contributed by atoms with Crippen LogP contribution in [0, 0.1) is 17.8 Å². The van der Waals surface area contributed by atoms with Crippen LogP contribution < -0.4 is 5.32 Å². The summed E-state index contributed by atoms with van der Waals surface area (Å²) >= 11 is 1.93. The summed E-state index contributed by atoms with van der Waals surface area (Å²) in [6.07, 6.45) is 2.28. The van der Waals surface area contributed by atoms with Crippen molar-refractivity contribution in [2.75, 3.05) is 24.6 Å². The first-order valence-corrected chi connectivity index (χ1v) is 9.61. The molecule has 2 heterocycles. The molecular formula is C18H24N2OS. The van der Waals surface area contributed by atoms with Crippen LogP contribution >= 0.6 is 11.8 Å². The van der Waals surface area contributed by atoms with E-state index < -0.39 is 0 Å². The van der Waals surface area contributed by atoms with Gasteiger partial charge in [-0.15, -0.1) is 0 Å². The standard InChI is InChI=1S/C18H24N2OS/c21-18(14-7-4-8-22-12-14)19-17-15-10-20(11-16(15)17)9-13-5-2-1-3-6-13/h1-3,5-6,14-17H,4,7-12H2,(H,19,21)/t14?,15-,16+,17?. The Hall–Kier alpha value is -1.00. The molecule has 1 saturated carbocycles. The molecule has 4 rings (SSSR count). The molecule has 0 radical (unpaired) electrons. The predicted octanol–water partition coefficient (Wildman–Crippen LogP) is 2.38. The van der Waals surface area contributed by atoms with Crippen LogP contribution in [0.5, 0.6) is 0 Å². The molecule has 0 aromatic heterocycles. The number of fused-ring (bicyclic) bond motifs is 1. The Morgan fingerprint density at radius 3 is 2.68 bits per heavy atom. The maximum absolute atomic E-state index is 12.3. The Kier molecular flexibility index (Phi) is 4.14. The Labute approximate surface area is 136 Å². The van der Waals surface area contributed by atoms with Crippen molar-refractivity contribution >= 4 is 17.7 Å². The summed E-state index contributed by atoms with van der Waals surface area (Å²) in [7, 11) is 0. The second-order valence-electron chi connectivity index (χ2n) is 6.96. The van der Waals surface area contributed by atoms with Gasteiger partial charge in [0.1, 0.15) is 0 Å². The van der Waals surface area contributed by atoms with Crippen LogP contribution in [0.3, 0.4) is 0 Å². The molecule has 1 N–H and O–H groups in total. The number of piperidine rings is 1. The Bertz CT molecular complexity index is 517. The lowest BCUT2D eigenvalue weighted by Crippen LogP contribution is -2.39. The minimum Gasteiger partial charge on any atom is -0.352 e. The van der Waals surface area contributed by atoms with Gasteiger partial charge in [-0.1, -0.05) is 30.3 Å². The maximum Gasteiger partial charge on any atom is 0.224 e. The van der Waals surface area contributed by atoms with Crippen LogP contribution in [0.4, 0.5) is 0 Å². The van der Waals surface area contributed by atoms with Crippen LogP contribution in [0.2, 0.25) is 0 Å². The highest BCUT2D eigenvalue weighted by Gasteiger charge is 2.56. The van der Waals surface area contributed by atoms with Gasteiger partial charge in [-0.3, -0.25) is 9.69 Å². The summed E-state index contributed by atoms with van der Waals surface area (Å²) in [4.78, 5) is 14.8. The fourth-order valence-corrected chi connectivity index (χ4v) is 5.17. The van der Waals surface area contributed by atoms with Crippen molar-refractivity contribution in [3.05, 3.63) is 35.9 Å². The van der Waals surface area contributed by atoms with Gasteiger partial charge in [0.05, 0.1) is 0 Å². The Balaban J connectivity index is 1.24. The summed E-state index contributed by atoms with van der Waals surface area (Å²) in [6, 6.07) is 11.1. The number of nitrogens with zero attached hydrogens (tertiary/aromatic N) is 1. The molecule has 1 amide bonds. The normalized spacial score (nSPS) is 34.2. The first-order valence-electron chi connectivity index (χ1n) is 8.45. The second kappa shape index (κ2) is 6.25. The van der Waals surface area contributed by atoms with Crippen LogP contribution in [-0.4, -0.2) is 41.4 Å². The van der Waals surface area contributed by atoms with Gasteiger partial charge >= 0.3 is 0 Å². The van der Waals surface area contributed by atoms with Crippen molar-refractivity contribution in [1.82, 2.24) is 10.2 Å². The first kappa shape index (κ1) is 14.6. The van der Waals surface area contributed by atoms with E-state index >= 15 is 0 Å². The molecule has 2 unspecified atom stereocenters. The number of benzene rings is 1. The highest BCUT2D eigenvalue weighted by Crippen LogP contribution is 2.46. The topological polar surface area (TPSA) is 32.3 Å². The van der Waals surface area contributed by atoms with Gasteiger partial charge in [-0.25, -0.2) is 0 Å². The van der Waals surface area contributed by atoms with E-state index in [0.29, 0.717) is 23.8 Å². The molecule has 0 bridgehead atoms. The number of hydrogen-bond donors (Lipinski definition) is 1. The van der Waals surface area contributed by atoms with Crippen LogP contribution in [0.15, 0.2) is 30.3 Å². The molecule has 1 aliphatic carbocycles. The zero-order chi connectivity index (χ0) is 14.9. The van der Waals surface area contributed by atoms with Crippen molar-refractivity contribution in [3.8, 4) is 0 Å². The summed E-state index contributed by atoms with van der Waals surface area (Å²) in [5.74, 6) is 4.23. The van der Waals surface area contributed by atoms with E-state index in [-0.39, 0.29) is 5.92 Å². The summed E-state index contributed by atoms with van der Waals surface area (Å²) < 4.78 is 0. The molecule has 4 atom stereocenters. The number of carbonyl (C=O) groups excluding carboxylic acids is 1. The molecule has 3 fully saturated rings. The summed E-state index contributed by atoms with van der Waals surface area (Å²) in [5, 5.41) is 3.33. The third kappa shape index (κ3) is 3.04. The highest BCUT2D eigenvalue weighted by atomic mass is 32.2. The highest BCUT2D eigenvalue weighted by molar-refractivity contribution is 7.99. The van der Waals surface area contributed by atoms with E-state index in [1.54, 1.807) is 0 Å². The molecular weight excluding hydrogens is 292 g/mol. The SMILES string of the molecule is O=C(NC1[C@H]2CN(Cc3ccccc3)C[C@@H]12)C1CCCSC1. The lowest BCUT2D eigenvalue weighted by molar-refractivity contribution is -0.124. The average Bonchev–Trinajstić information content (AvgIpc) is 3.01. The van der Waals surface area contributed by atoms with Gasteiger partial charge in [0.25, 0.3) is 0 Å². The monoisotopic (exact) mass is 316 g/mol. The third-order valence-corrected chi connectivity index (χ3v) is 6.57. The zero-order valence-corrected chi connectivity index (χ0v) is 13.7. The van der Waals surface area contributed by atoms with Gasteiger partial charge in [0.15, 0.2) is 0 Å². The minimum absolute atomic E-state index is 0.264. The summed E-state index contributed by atoms with van der Waals surface area (Å²) in [6.45, 7) is 3.33. The van der Waals surface area contributed by atoms with E-state index in [9.17, 15) is 4.79 Å². The molecule has 22 heavy (non-hydrogen) atoms. The molecule has 4 heteroatoms. The smallest absolute Gasteiger partial charge is 0.224 e. The summed E-state index contributed by atoms with van der Waals surface area (Å²) in [5.41, 5.74) is 1.39. The van der Waals surface area contributed by atoms with Crippen molar-refractivity contribution in [2.45, 2.75) is 25.4 Å². The van der Waals surface area contributed by atoms with E-state index in [2.05, 4.69) is 40.5 Å².